The highest BCUT2D eigenvalue weighted by Gasteiger charge is 2.24. The maximum absolute atomic E-state index is 13.1. The van der Waals surface area contributed by atoms with Gasteiger partial charge in [-0.1, -0.05) is 83.5 Å². The number of hydrogen-bond donors (Lipinski definition) is 2. The lowest BCUT2D eigenvalue weighted by molar-refractivity contribution is -0.139. The Morgan fingerprint density at radius 1 is 0.897 bits per heavy atom. The highest BCUT2D eigenvalue weighted by atomic mass is 79.9. The number of nitrogens with one attached hydrogen (secondary N) is 1. The fourth-order valence-electron chi connectivity index (χ4n) is 3.98. The van der Waals surface area contributed by atoms with E-state index in [2.05, 4.69) is 21.2 Å². The number of carboxylic acids is 1. The Bertz CT molecular complexity index is 1420. The highest BCUT2D eigenvalue weighted by molar-refractivity contribution is 9.10. The molecule has 0 spiro atoms. The van der Waals surface area contributed by atoms with Crippen molar-refractivity contribution in [3.63, 3.8) is 0 Å². The lowest BCUT2D eigenvalue weighted by atomic mass is 9.99. The summed E-state index contributed by atoms with van der Waals surface area (Å²) in [6, 6.07) is 28.9. The predicted molar refractivity (Wildman–Crippen MR) is 156 cm³/mol. The van der Waals surface area contributed by atoms with Gasteiger partial charge in [0, 0.05) is 16.5 Å². The van der Waals surface area contributed by atoms with Crippen LogP contribution in [0.15, 0.2) is 102 Å². The van der Waals surface area contributed by atoms with Gasteiger partial charge in [0.25, 0.3) is 5.91 Å². The number of aliphatic carboxylic acids is 1. The van der Waals surface area contributed by atoms with Crippen LogP contribution in [0.5, 0.6) is 17.2 Å². The lowest BCUT2D eigenvalue weighted by Gasteiger charge is -2.19. The molecule has 4 rings (SSSR count). The summed E-state index contributed by atoms with van der Waals surface area (Å²) in [5.41, 5.74) is 2.90. The molecule has 1 amide bonds. The SMILES string of the molecule is CCC(C)Oc1ccc(Br)cc1C(=O)NC(Cc1ccc(-c2ccccc2Oc2ccccc2)cc1)C(=O)O. The molecule has 0 aliphatic carbocycles. The molecule has 4 aromatic rings. The van der Waals surface area contributed by atoms with Crippen LogP contribution < -0.4 is 14.8 Å². The second-order valence-electron chi connectivity index (χ2n) is 9.15. The molecule has 0 saturated heterocycles. The number of amides is 1. The number of rotatable bonds is 11. The van der Waals surface area contributed by atoms with Crippen LogP contribution in [0.25, 0.3) is 11.1 Å². The summed E-state index contributed by atoms with van der Waals surface area (Å²) >= 11 is 3.39. The number of ether oxygens (including phenoxy) is 2. The molecule has 0 saturated carbocycles. The molecule has 0 aliphatic rings. The molecule has 0 bridgehead atoms. The number of halogens is 1. The molecule has 39 heavy (non-hydrogen) atoms. The summed E-state index contributed by atoms with van der Waals surface area (Å²) in [6.45, 7) is 3.91. The summed E-state index contributed by atoms with van der Waals surface area (Å²) in [5, 5.41) is 12.5. The second-order valence-corrected chi connectivity index (χ2v) is 10.1. The fourth-order valence-corrected chi connectivity index (χ4v) is 4.35. The van der Waals surface area contributed by atoms with Gasteiger partial charge in [-0.2, -0.15) is 0 Å². The minimum Gasteiger partial charge on any atom is -0.490 e. The number of benzene rings is 4. The maximum atomic E-state index is 13.1. The van der Waals surface area contributed by atoms with E-state index in [1.54, 1.807) is 18.2 Å². The number of para-hydroxylation sites is 2. The van der Waals surface area contributed by atoms with E-state index in [-0.39, 0.29) is 18.1 Å². The van der Waals surface area contributed by atoms with E-state index < -0.39 is 17.9 Å². The summed E-state index contributed by atoms with van der Waals surface area (Å²) in [5.74, 6) is 0.246. The van der Waals surface area contributed by atoms with Crippen LogP contribution in [0.4, 0.5) is 0 Å². The topological polar surface area (TPSA) is 84.9 Å². The van der Waals surface area contributed by atoms with Gasteiger partial charge in [0.2, 0.25) is 0 Å². The smallest absolute Gasteiger partial charge is 0.326 e. The first kappa shape index (κ1) is 27.9. The van der Waals surface area contributed by atoms with Crippen LogP contribution >= 0.6 is 15.9 Å². The van der Waals surface area contributed by atoms with Crippen molar-refractivity contribution in [2.45, 2.75) is 38.8 Å². The Kier molecular flexibility index (Phi) is 9.39. The van der Waals surface area contributed by atoms with Gasteiger partial charge in [0.05, 0.1) is 11.7 Å². The molecule has 0 aliphatic heterocycles. The first-order valence-electron chi connectivity index (χ1n) is 12.7. The number of hydrogen-bond acceptors (Lipinski definition) is 4. The molecule has 0 radical (unpaired) electrons. The van der Waals surface area contributed by atoms with E-state index >= 15 is 0 Å². The molecule has 0 fully saturated rings. The Morgan fingerprint density at radius 2 is 1.59 bits per heavy atom. The van der Waals surface area contributed by atoms with E-state index in [0.717, 1.165) is 34.6 Å². The first-order valence-corrected chi connectivity index (χ1v) is 13.5. The zero-order chi connectivity index (χ0) is 27.8. The lowest BCUT2D eigenvalue weighted by Crippen LogP contribution is -2.42. The molecule has 2 N–H and O–H groups in total. The predicted octanol–water partition coefficient (Wildman–Crippen LogP) is 7.51. The minimum atomic E-state index is -1.12. The molecule has 200 valence electrons. The van der Waals surface area contributed by atoms with Gasteiger partial charge < -0.3 is 19.9 Å². The van der Waals surface area contributed by atoms with Crippen molar-refractivity contribution in [2.75, 3.05) is 0 Å². The van der Waals surface area contributed by atoms with E-state index in [1.165, 1.54) is 0 Å². The van der Waals surface area contributed by atoms with Crippen molar-refractivity contribution < 1.29 is 24.2 Å². The third-order valence-electron chi connectivity index (χ3n) is 6.26. The second kappa shape index (κ2) is 13.1. The van der Waals surface area contributed by atoms with Gasteiger partial charge in [-0.3, -0.25) is 4.79 Å². The van der Waals surface area contributed by atoms with Crippen molar-refractivity contribution in [2.24, 2.45) is 0 Å². The van der Waals surface area contributed by atoms with Crippen molar-refractivity contribution >= 4 is 27.8 Å². The van der Waals surface area contributed by atoms with Crippen LogP contribution in [-0.2, 0) is 11.2 Å². The quantitative estimate of drug-likeness (QED) is 0.189. The fraction of sp³-hybridized carbons (Fsp3) is 0.188. The Balaban J connectivity index is 1.50. The van der Waals surface area contributed by atoms with Crippen molar-refractivity contribution in [1.29, 1.82) is 0 Å². The van der Waals surface area contributed by atoms with Gasteiger partial charge >= 0.3 is 5.97 Å². The molecule has 2 unspecified atom stereocenters. The van der Waals surface area contributed by atoms with Gasteiger partial charge in [-0.05, 0) is 60.9 Å². The molecular formula is C32H30BrNO5. The minimum absolute atomic E-state index is 0.0882. The molecule has 2 atom stereocenters. The summed E-state index contributed by atoms with van der Waals surface area (Å²) in [4.78, 5) is 25.2. The Hall–Kier alpha value is -4.10. The zero-order valence-electron chi connectivity index (χ0n) is 21.8. The molecule has 7 heteroatoms. The average Bonchev–Trinajstić information content (AvgIpc) is 2.94. The van der Waals surface area contributed by atoms with E-state index in [4.69, 9.17) is 9.47 Å². The third-order valence-corrected chi connectivity index (χ3v) is 6.75. The normalized spacial score (nSPS) is 12.3. The van der Waals surface area contributed by atoms with Crippen molar-refractivity contribution in [3.8, 4) is 28.4 Å². The van der Waals surface area contributed by atoms with Crippen LogP contribution in [0, 0.1) is 0 Å². The van der Waals surface area contributed by atoms with E-state index in [1.807, 2.05) is 92.7 Å². The summed E-state index contributed by atoms with van der Waals surface area (Å²) in [6.07, 6.45) is 0.807. The molecular weight excluding hydrogens is 558 g/mol. The zero-order valence-corrected chi connectivity index (χ0v) is 23.4. The monoisotopic (exact) mass is 587 g/mol. The molecule has 0 heterocycles. The molecule has 6 nitrogen and oxygen atoms in total. The molecule has 0 aromatic heterocycles. The summed E-state index contributed by atoms with van der Waals surface area (Å²) < 4.78 is 12.7. The van der Waals surface area contributed by atoms with Crippen LogP contribution in [0.2, 0.25) is 0 Å². The number of carbonyl (C=O) groups excluding carboxylic acids is 1. The van der Waals surface area contributed by atoms with Crippen molar-refractivity contribution in [1.82, 2.24) is 5.32 Å². The molecule has 4 aromatic carbocycles. The van der Waals surface area contributed by atoms with Gasteiger partial charge in [-0.15, -0.1) is 0 Å². The van der Waals surface area contributed by atoms with Crippen LogP contribution in [0.1, 0.15) is 36.2 Å². The van der Waals surface area contributed by atoms with Crippen LogP contribution in [0.3, 0.4) is 0 Å². The number of carboxylic acid groups (broad SMARTS) is 1. The first-order chi connectivity index (χ1) is 18.8. The highest BCUT2D eigenvalue weighted by Crippen LogP contribution is 2.33. The Morgan fingerprint density at radius 3 is 2.28 bits per heavy atom. The average molecular weight is 588 g/mol. The van der Waals surface area contributed by atoms with Crippen LogP contribution in [-0.4, -0.2) is 29.1 Å². The van der Waals surface area contributed by atoms with Gasteiger partial charge in [-0.25, -0.2) is 4.79 Å². The van der Waals surface area contributed by atoms with Gasteiger partial charge in [0.1, 0.15) is 23.3 Å². The Labute approximate surface area is 236 Å². The van der Waals surface area contributed by atoms with Gasteiger partial charge in [0.15, 0.2) is 0 Å². The summed E-state index contributed by atoms with van der Waals surface area (Å²) in [7, 11) is 0. The standard InChI is InChI=1S/C32H30BrNO5/c1-3-21(2)38-30-18-17-24(33)20-27(30)31(35)34-28(32(36)37)19-22-13-15-23(16-14-22)26-11-7-8-12-29(26)39-25-9-5-4-6-10-25/h4-18,20-21,28H,3,19H2,1-2H3,(H,34,35)(H,36,37). The van der Waals surface area contributed by atoms with E-state index in [9.17, 15) is 14.7 Å². The van der Waals surface area contributed by atoms with Crippen molar-refractivity contribution in [3.05, 3.63) is 113 Å². The van der Waals surface area contributed by atoms with E-state index in [0.29, 0.717) is 10.2 Å². The largest absolute Gasteiger partial charge is 0.490 e. The maximum Gasteiger partial charge on any atom is 0.326 e. The number of carbonyl (C=O) groups is 2. The third kappa shape index (κ3) is 7.48.